The van der Waals surface area contributed by atoms with Crippen LogP contribution in [0.2, 0.25) is 0 Å². The van der Waals surface area contributed by atoms with Crippen LogP contribution in [0.25, 0.3) is 0 Å². The summed E-state index contributed by atoms with van der Waals surface area (Å²) in [7, 11) is -7.22. The van der Waals surface area contributed by atoms with Gasteiger partial charge in [-0.2, -0.15) is 0 Å². The highest BCUT2D eigenvalue weighted by Gasteiger charge is 2.22. The maximum Gasteiger partial charge on any atom is 0.240 e. The number of rotatable bonds is 7. The molecule has 1 N–H and O–H groups in total. The molecule has 2 aromatic carbocycles. The third kappa shape index (κ3) is 4.81. The van der Waals surface area contributed by atoms with Crippen molar-refractivity contribution in [1.29, 1.82) is 0 Å². The summed E-state index contributed by atoms with van der Waals surface area (Å²) in [6.45, 7) is 3.64. The molecular formula is C17H22N2O4S2. The Balaban J connectivity index is 2.21. The first-order valence-electron chi connectivity index (χ1n) is 7.71. The Kier molecular flexibility index (Phi) is 5.87. The minimum absolute atomic E-state index is 0.0105. The molecule has 0 saturated carbocycles. The summed E-state index contributed by atoms with van der Waals surface area (Å²) in [5.41, 5.74) is 2.22. The number of hydrogen-bond acceptors (Lipinski definition) is 4. The van der Waals surface area contributed by atoms with Gasteiger partial charge in [0.15, 0.2) is 0 Å². The Morgan fingerprint density at radius 1 is 0.880 bits per heavy atom. The van der Waals surface area contributed by atoms with Crippen molar-refractivity contribution in [2.24, 2.45) is 0 Å². The van der Waals surface area contributed by atoms with Crippen LogP contribution in [0.3, 0.4) is 0 Å². The monoisotopic (exact) mass is 382 g/mol. The molecule has 8 heteroatoms. The first-order valence-corrected chi connectivity index (χ1v) is 11.0. The van der Waals surface area contributed by atoms with Crippen molar-refractivity contribution in [3.8, 4) is 0 Å². The van der Waals surface area contributed by atoms with Crippen LogP contribution in [0.1, 0.15) is 11.1 Å². The van der Waals surface area contributed by atoms with E-state index in [-0.39, 0.29) is 18.0 Å². The SMILES string of the molecule is Cc1cccc(C)c1N(CCNS(=O)(=O)c1ccccc1)S(C)(=O)=O. The predicted octanol–water partition coefficient (Wildman–Crippen LogP) is 2.05. The number of nitrogens with zero attached hydrogens (tertiary/aromatic N) is 1. The summed E-state index contributed by atoms with van der Waals surface area (Å²) in [4.78, 5) is 0.146. The zero-order valence-corrected chi connectivity index (χ0v) is 16.1. The highest BCUT2D eigenvalue weighted by Crippen LogP contribution is 2.26. The Labute approximate surface area is 149 Å². The first kappa shape index (κ1) is 19.4. The highest BCUT2D eigenvalue weighted by atomic mass is 32.2. The molecule has 0 aromatic heterocycles. The minimum Gasteiger partial charge on any atom is -0.269 e. The number of hydrogen-bond donors (Lipinski definition) is 1. The summed E-state index contributed by atoms with van der Waals surface area (Å²) in [6.07, 6.45) is 1.12. The molecule has 2 rings (SSSR count). The highest BCUT2D eigenvalue weighted by molar-refractivity contribution is 7.92. The average Bonchev–Trinajstić information content (AvgIpc) is 2.53. The van der Waals surface area contributed by atoms with E-state index in [0.29, 0.717) is 5.69 Å². The van der Waals surface area contributed by atoms with E-state index in [9.17, 15) is 16.8 Å². The van der Waals surface area contributed by atoms with Crippen LogP contribution in [0.5, 0.6) is 0 Å². The number of anilines is 1. The van der Waals surface area contributed by atoms with Gasteiger partial charge in [0.1, 0.15) is 0 Å². The van der Waals surface area contributed by atoms with Crippen LogP contribution in [-0.4, -0.2) is 36.2 Å². The van der Waals surface area contributed by atoms with Crippen molar-refractivity contribution in [3.05, 3.63) is 59.7 Å². The molecule has 0 atom stereocenters. The topological polar surface area (TPSA) is 83.6 Å². The zero-order valence-electron chi connectivity index (χ0n) is 14.4. The molecule has 0 heterocycles. The third-order valence-corrected chi connectivity index (χ3v) is 6.39. The Morgan fingerprint density at radius 2 is 1.44 bits per heavy atom. The number of benzene rings is 2. The molecule has 136 valence electrons. The fraction of sp³-hybridized carbons (Fsp3) is 0.294. The van der Waals surface area contributed by atoms with E-state index in [1.807, 2.05) is 32.0 Å². The summed E-state index contributed by atoms with van der Waals surface area (Å²) < 4.78 is 52.6. The maximum absolute atomic E-state index is 12.3. The van der Waals surface area contributed by atoms with Gasteiger partial charge in [0.2, 0.25) is 20.0 Å². The molecule has 0 aliphatic rings. The molecule has 25 heavy (non-hydrogen) atoms. The van der Waals surface area contributed by atoms with Gasteiger partial charge in [0.05, 0.1) is 16.8 Å². The molecule has 0 aliphatic heterocycles. The Hall–Kier alpha value is -1.90. The lowest BCUT2D eigenvalue weighted by molar-refractivity contribution is 0.578. The molecule has 0 unspecified atom stereocenters. The van der Waals surface area contributed by atoms with Crippen LogP contribution >= 0.6 is 0 Å². The van der Waals surface area contributed by atoms with Crippen LogP contribution in [0.4, 0.5) is 5.69 Å². The number of nitrogens with one attached hydrogen (secondary N) is 1. The Bertz CT molecular complexity index is 920. The number of para-hydroxylation sites is 1. The zero-order chi connectivity index (χ0) is 18.7. The van der Waals surface area contributed by atoms with Crippen molar-refractivity contribution in [2.75, 3.05) is 23.7 Å². The van der Waals surface area contributed by atoms with Crippen molar-refractivity contribution in [1.82, 2.24) is 4.72 Å². The van der Waals surface area contributed by atoms with Gasteiger partial charge in [0.25, 0.3) is 0 Å². The number of sulfonamides is 2. The van der Waals surface area contributed by atoms with Crippen LogP contribution in [0.15, 0.2) is 53.4 Å². The second-order valence-corrected chi connectivity index (χ2v) is 9.46. The van der Waals surface area contributed by atoms with Gasteiger partial charge in [-0.25, -0.2) is 21.6 Å². The van der Waals surface area contributed by atoms with E-state index in [1.165, 1.54) is 16.4 Å². The molecule has 0 bridgehead atoms. The molecule has 2 aromatic rings. The fourth-order valence-corrected chi connectivity index (χ4v) is 4.69. The van der Waals surface area contributed by atoms with Crippen LogP contribution < -0.4 is 9.03 Å². The molecule has 0 radical (unpaired) electrons. The lowest BCUT2D eigenvalue weighted by Gasteiger charge is -2.26. The van der Waals surface area contributed by atoms with E-state index in [2.05, 4.69) is 4.72 Å². The maximum atomic E-state index is 12.3. The van der Waals surface area contributed by atoms with E-state index in [4.69, 9.17) is 0 Å². The third-order valence-electron chi connectivity index (χ3n) is 3.75. The van der Waals surface area contributed by atoms with Crippen molar-refractivity contribution in [2.45, 2.75) is 18.7 Å². The molecular weight excluding hydrogens is 360 g/mol. The van der Waals surface area contributed by atoms with Gasteiger partial charge >= 0.3 is 0 Å². The van der Waals surface area contributed by atoms with Gasteiger partial charge in [-0.15, -0.1) is 0 Å². The van der Waals surface area contributed by atoms with Gasteiger partial charge in [-0.1, -0.05) is 36.4 Å². The van der Waals surface area contributed by atoms with Gasteiger partial charge in [-0.05, 0) is 37.1 Å². The summed E-state index contributed by atoms with van der Waals surface area (Å²) in [5, 5.41) is 0. The lowest BCUT2D eigenvalue weighted by atomic mass is 10.1. The van der Waals surface area contributed by atoms with Crippen LogP contribution in [-0.2, 0) is 20.0 Å². The summed E-state index contributed by atoms with van der Waals surface area (Å²) >= 11 is 0. The first-order chi connectivity index (χ1) is 11.6. The molecule has 0 spiro atoms. The second-order valence-electron chi connectivity index (χ2n) is 5.79. The smallest absolute Gasteiger partial charge is 0.240 e. The van der Waals surface area contributed by atoms with Gasteiger partial charge in [-0.3, -0.25) is 4.31 Å². The van der Waals surface area contributed by atoms with E-state index in [0.717, 1.165) is 17.4 Å². The van der Waals surface area contributed by atoms with E-state index in [1.54, 1.807) is 18.2 Å². The second kappa shape index (κ2) is 7.55. The Morgan fingerprint density at radius 3 is 1.96 bits per heavy atom. The van der Waals surface area contributed by atoms with Crippen molar-refractivity contribution in [3.63, 3.8) is 0 Å². The molecule has 0 fully saturated rings. The fourth-order valence-electron chi connectivity index (χ4n) is 2.61. The standard InChI is InChI=1S/C17H22N2O4S2/c1-14-8-7-9-15(2)17(14)19(24(3,20)21)13-12-18-25(22,23)16-10-5-4-6-11-16/h4-11,18H,12-13H2,1-3H3. The molecule has 0 aliphatic carbocycles. The van der Waals surface area contributed by atoms with Crippen molar-refractivity contribution >= 4 is 25.7 Å². The normalized spacial score (nSPS) is 12.1. The van der Waals surface area contributed by atoms with E-state index >= 15 is 0 Å². The predicted molar refractivity (Wildman–Crippen MR) is 99.7 cm³/mol. The lowest BCUT2D eigenvalue weighted by Crippen LogP contribution is -2.38. The summed E-state index contributed by atoms with van der Waals surface area (Å²) in [5.74, 6) is 0. The number of aryl methyl sites for hydroxylation is 2. The van der Waals surface area contributed by atoms with Gasteiger partial charge < -0.3 is 0 Å². The minimum atomic E-state index is -3.68. The summed E-state index contributed by atoms with van der Waals surface area (Å²) in [6, 6.07) is 13.5. The molecule has 0 saturated heterocycles. The molecule has 0 amide bonds. The quantitative estimate of drug-likeness (QED) is 0.794. The van der Waals surface area contributed by atoms with E-state index < -0.39 is 20.0 Å². The average molecular weight is 383 g/mol. The largest absolute Gasteiger partial charge is 0.269 e. The van der Waals surface area contributed by atoms with Gasteiger partial charge in [0, 0.05) is 13.1 Å². The van der Waals surface area contributed by atoms with Crippen LogP contribution in [0, 0.1) is 13.8 Å². The molecule has 6 nitrogen and oxygen atoms in total. The van der Waals surface area contributed by atoms with Crippen molar-refractivity contribution < 1.29 is 16.8 Å².